The molecule has 0 aliphatic rings. The monoisotopic (exact) mass is 742 g/mol. The second-order valence-electron chi connectivity index (χ2n) is 14.9. The van der Waals surface area contributed by atoms with Gasteiger partial charge in [0.05, 0.1) is 22.1 Å². The highest BCUT2D eigenvalue weighted by atomic mass is 32.1. The van der Waals surface area contributed by atoms with Crippen LogP contribution in [0.25, 0.3) is 109 Å². The Kier molecular flexibility index (Phi) is 7.13. The van der Waals surface area contributed by atoms with Crippen molar-refractivity contribution in [2.75, 3.05) is 0 Å². The highest BCUT2D eigenvalue weighted by Crippen LogP contribution is 2.43. The second-order valence-corrected chi connectivity index (χ2v) is 16.0. The number of thiophene rings is 1. The van der Waals surface area contributed by atoms with Crippen LogP contribution in [0.15, 0.2) is 206 Å². The summed E-state index contributed by atoms with van der Waals surface area (Å²) < 4.78 is 7.51. The lowest BCUT2D eigenvalue weighted by atomic mass is 9.96. The molecule has 266 valence electrons. The highest BCUT2D eigenvalue weighted by Gasteiger charge is 2.18. The quantitative estimate of drug-likeness (QED) is 0.166. The molecule has 0 aliphatic carbocycles. The first-order valence-corrected chi connectivity index (χ1v) is 20.3. The van der Waals surface area contributed by atoms with Crippen molar-refractivity contribution in [2.45, 2.75) is 0 Å². The Morgan fingerprint density at radius 3 is 1.39 bits per heavy atom. The molecular formula is C54H34N2S. The van der Waals surface area contributed by atoms with Crippen LogP contribution in [0.4, 0.5) is 0 Å². The van der Waals surface area contributed by atoms with Crippen molar-refractivity contribution in [3.05, 3.63) is 206 Å². The summed E-state index contributed by atoms with van der Waals surface area (Å²) in [5.41, 5.74) is 14.4. The largest absolute Gasteiger partial charge is 0.309 e. The minimum Gasteiger partial charge on any atom is -0.309 e. The van der Waals surface area contributed by atoms with Crippen LogP contribution in [0.3, 0.4) is 0 Å². The van der Waals surface area contributed by atoms with E-state index in [1.54, 1.807) is 0 Å². The third kappa shape index (κ3) is 5.03. The molecule has 12 aromatic rings. The van der Waals surface area contributed by atoms with E-state index in [9.17, 15) is 0 Å². The average molecular weight is 743 g/mol. The molecule has 3 heterocycles. The minimum absolute atomic E-state index is 1.15. The van der Waals surface area contributed by atoms with Crippen molar-refractivity contribution >= 4 is 75.1 Å². The zero-order valence-electron chi connectivity index (χ0n) is 30.9. The molecule has 12 rings (SSSR count). The molecule has 0 fully saturated rings. The van der Waals surface area contributed by atoms with Crippen molar-refractivity contribution in [3.63, 3.8) is 0 Å². The summed E-state index contributed by atoms with van der Waals surface area (Å²) in [7, 11) is 0. The molecule has 0 aliphatic heterocycles. The second kappa shape index (κ2) is 12.7. The van der Waals surface area contributed by atoms with Crippen molar-refractivity contribution in [3.8, 4) is 44.8 Å². The summed E-state index contributed by atoms with van der Waals surface area (Å²) in [4.78, 5) is 0. The molecule has 2 nitrogen and oxygen atoms in total. The molecule has 9 aromatic carbocycles. The van der Waals surface area contributed by atoms with E-state index in [2.05, 4.69) is 215 Å². The number of rotatable bonds is 5. The Balaban J connectivity index is 0.944. The maximum Gasteiger partial charge on any atom is 0.0548 e. The van der Waals surface area contributed by atoms with Gasteiger partial charge in [0, 0.05) is 53.1 Å². The summed E-state index contributed by atoms with van der Waals surface area (Å²) in [6.45, 7) is 0. The molecule has 3 heteroatoms. The van der Waals surface area contributed by atoms with Gasteiger partial charge in [-0.25, -0.2) is 0 Å². The molecule has 0 radical (unpaired) electrons. The van der Waals surface area contributed by atoms with Crippen LogP contribution < -0.4 is 0 Å². The van der Waals surface area contributed by atoms with Gasteiger partial charge in [-0.15, -0.1) is 11.3 Å². The predicted molar refractivity (Wildman–Crippen MR) is 244 cm³/mol. The first-order chi connectivity index (χ1) is 28.3. The molecule has 0 saturated heterocycles. The molecule has 57 heavy (non-hydrogen) atoms. The number of hydrogen-bond acceptors (Lipinski definition) is 1. The van der Waals surface area contributed by atoms with E-state index in [0.29, 0.717) is 0 Å². The Morgan fingerprint density at radius 1 is 0.263 bits per heavy atom. The minimum atomic E-state index is 1.15. The third-order valence-electron chi connectivity index (χ3n) is 11.7. The number of aromatic nitrogens is 2. The van der Waals surface area contributed by atoms with Crippen LogP contribution in [0.2, 0.25) is 0 Å². The summed E-state index contributed by atoms with van der Waals surface area (Å²) in [5.74, 6) is 0. The van der Waals surface area contributed by atoms with Gasteiger partial charge in [0.15, 0.2) is 0 Å². The Labute approximate surface area is 333 Å². The van der Waals surface area contributed by atoms with Crippen LogP contribution in [0.5, 0.6) is 0 Å². The van der Waals surface area contributed by atoms with Crippen LogP contribution >= 0.6 is 11.3 Å². The van der Waals surface area contributed by atoms with Gasteiger partial charge in [0.25, 0.3) is 0 Å². The fraction of sp³-hybridized carbons (Fsp3) is 0. The lowest BCUT2D eigenvalue weighted by molar-refractivity contribution is 1.18. The smallest absolute Gasteiger partial charge is 0.0548 e. The highest BCUT2D eigenvalue weighted by molar-refractivity contribution is 7.26. The fourth-order valence-electron chi connectivity index (χ4n) is 9.12. The number of para-hydroxylation sites is 3. The average Bonchev–Trinajstić information content (AvgIpc) is 3.94. The van der Waals surface area contributed by atoms with Gasteiger partial charge >= 0.3 is 0 Å². The molecule has 3 aromatic heterocycles. The lowest BCUT2D eigenvalue weighted by Gasteiger charge is -2.14. The van der Waals surface area contributed by atoms with Gasteiger partial charge in [-0.05, 0) is 100 Å². The van der Waals surface area contributed by atoms with Crippen LogP contribution in [0, 0.1) is 0 Å². The van der Waals surface area contributed by atoms with Gasteiger partial charge in [-0.2, -0.15) is 0 Å². The summed E-state index contributed by atoms with van der Waals surface area (Å²) in [6, 6.07) is 75.6. The first kappa shape index (κ1) is 32.1. The summed E-state index contributed by atoms with van der Waals surface area (Å²) >= 11 is 1.88. The summed E-state index contributed by atoms with van der Waals surface area (Å²) in [6.07, 6.45) is 0. The number of hydrogen-bond donors (Lipinski definition) is 0. The molecule has 0 bridgehead atoms. The molecular weight excluding hydrogens is 709 g/mol. The Morgan fingerprint density at radius 2 is 0.737 bits per heavy atom. The SMILES string of the molecule is c1ccc(-c2cc(-c3ccc(-c4ccc(-n5c6ccccc6c6c7c(ccc65)sc5ccccc57)cc4)cc3)cc(-n3c4ccccc4c4ccccc43)c2)cc1. The van der Waals surface area contributed by atoms with Crippen LogP contribution in [-0.2, 0) is 0 Å². The standard InChI is InChI=1S/C54H34N2S/c1-2-12-35(13-3-1)39-32-40(34-42(33-39)56-47-18-8-4-14-43(47)44-15-5-9-19-48(44)56)38-24-22-36(23-25-38)37-26-28-41(29-27-37)55-49-20-10-6-16-45(49)53-50(55)30-31-52-54(53)46-17-7-11-21-51(46)57-52/h1-34H. The lowest BCUT2D eigenvalue weighted by Crippen LogP contribution is -1.96. The van der Waals surface area contributed by atoms with Crippen molar-refractivity contribution in [1.82, 2.24) is 9.13 Å². The zero-order chi connectivity index (χ0) is 37.5. The van der Waals surface area contributed by atoms with E-state index in [0.717, 1.165) is 11.4 Å². The topological polar surface area (TPSA) is 9.86 Å². The predicted octanol–water partition coefficient (Wildman–Crippen LogP) is 15.2. The van der Waals surface area contributed by atoms with Gasteiger partial charge in [-0.1, -0.05) is 140 Å². The molecule has 0 spiro atoms. The van der Waals surface area contributed by atoms with E-state index < -0.39 is 0 Å². The van der Waals surface area contributed by atoms with E-state index in [-0.39, 0.29) is 0 Å². The number of nitrogens with zero attached hydrogens (tertiary/aromatic N) is 2. The molecule has 0 unspecified atom stereocenters. The fourth-order valence-corrected chi connectivity index (χ4v) is 10.2. The van der Waals surface area contributed by atoms with E-state index in [1.165, 1.54) is 97.2 Å². The molecule has 0 atom stereocenters. The van der Waals surface area contributed by atoms with E-state index >= 15 is 0 Å². The normalized spacial score (nSPS) is 11.9. The molecule has 0 saturated carbocycles. The molecule has 0 amide bonds. The Hall–Kier alpha value is -7.20. The van der Waals surface area contributed by atoms with Gasteiger partial charge in [0.2, 0.25) is 0 Å². The maximum atomic E-state index is 2.43. The van der Waals surface area contributed by atoms with Gasteiger partial charge in [-0.3, -0.25) is 0 Å². The van der Waals surface area contributed by atoms with E-state index in [1.807, 2.05) is 11.3 Å². The molecule has 0 N–H and O–H groups in total. The number of fused-ring (bicyclic) bond motifs is 10. The summed E-state index contributed by atoms with van der Waals surface area (Å²) in [5, 5.41) is 7.84. The van der Waals surface area contributed by atoms with Crippen molar-refractivity contribution in [1.29, 1.82) is 0 Å². The van der Waals surface area contributed by atoms with Gasteiger partial charge < -0.3 is 9.13 Å². The van der Waals surface area contributed by atoms with Crippen LogP contribution in [-0.4, -0.2) is 9.13 Å². The van der Waals surface area contributed by atoms with Crippen LogP contribution in [0.1, 0.15) is 0 Å². The van der Waals surface area contributed by atoms with E-state index in [4.69, 9.17) is 0 Å². The van der Waals surface area contributed by atoms with Crippen molar-refractivity contribution < 1.29 is 0 Å². The van der Waals surface area contributed by atoms with Gasteiger partial charge in [0.1, 0.15) is 0 Å². The maximum absolute atomic E-state index is 2.43. The third-order valence-corrected chi connectivity index (χ3v) is 12.9. The Bertz CT molecular complexity index is 3440. The zero-order valence-corrected chi connectivity index (χ0v) is 31.7. The number of benzene rings is 9. The first-order valence-electron chi connectivity index (χ1n) is 19.5. The van der Waals surface area contributed by atoms with Crippen molar-refractivity contribution in [2.24, 2.45) is 0 Å².